The van der Waals surface area contributed by atoms with Gasteiger partial charge in [0.15, 0.2) is 0 Å². The Morgan fingerprint density at radius 2 is 1.29 bits per heavy atom. The molecule has 0 aromatic carbocycles. The first-order chi connectivity index (χ1) is 11.8. The highest BCUT2D eigenvalue weighted by Crippen LogP contribution is 2.62. The second-order valence-electron chi connectivity index (χ2n) is 8.97. The molecule has 0 bridgehead atoms. The van der Waals surface area contributed by atoms with Gasteiger partial charge < -0.3 is 0 Å². The maximum Gasteiger partial charge on any atom is -0.00954 e. The van der Waals surface area contributed by atoms with Crippen molar-refractivity contribution in [1.29, 1.82) is 0 Å². The lowest BCUT2D eigenvalue weighted by molar-refractivity contribution is 0.0425. The van der Waals surface area contributed by atoms with Crippen molar-refractivity contribution in [2.24, 2.45) is 40.9 Å². The Morgan fingerprint density at radius 3 is 1.79 bits per heavy atom. The highest BCUT2D eigenvalue weighted by molar-refractivity contribution is 5.30. The van der Waals surface area contributed by atoms with Crippen molar-refractivity contribution in [2.75, 3.05) is 0 Å². The summed E-state index contributed by atoms with van der Waals surface area (Å²) >= 11 is 0. The van der Waals surface area contributed by atoms with Crippen LogP contribution in [0.1, 0.15) is 58.8 Å². The summed E-state index contributed by atoms with van der Waals surface area (Å²) in [4.78, 5) is 0. The molecule has 4 rings (SSSR count). The fourth-order valence-electron chi connectivity index (χ4n) is 6.69. The smallest absolute Gasteiger partial charge is 0.00954 e. The second kappa shape index (κ2) is 6.70. The zero-order valence-corrected chi connectivity index (χ0v) is 15.5. The summed E-state index contributed by atoms with van der Waals surface area (Å²) in [5.74, 6) is 4.73. The van der Waals surface area contributed by atoms with E-state index in [1.54, 1.807) is 0 Å². The maximum atomic E-state index is 2.68. The third-order valence-electron chi connectivity index (χ3n) is 7.84. The lowest BCUT2D eigenvalue weighted by atomic mass is 9.58. The third kappa shape index (κ3) is 2.57. The van der Waals surface area contributed by atoms with E-state index in [9.17, 15) is 0 Å². The zero-order valence-electron chi connectivity index (χ0n) is 15.5. The Bertz CT molecular complexity index is 523. The van der Waals surface area contributed by atoms with Crippen LogP contribution in [0.5, 0.6) is 0 Å². The van der Waals surface area contributed by atoms with Crippen molar-refractivity contribution < 1.29 is 0 Å². The average molecular weight is 323 g/mol. The van der Waals surface area contributed by atoms with Crippen LogP contribution in [0.15, 0.2) is 48.6 Å². The largest absolute Gasteiger partial charge is 0.0805 e. The molecule has 5 atom stereocenters. The predicted octanol–water partition coefficient (Wildman–Crippen LogP) is 6.72. The van der Waals surface area contributed by atoms with Crippen LogP contribution in [0.25, 0.3) is 0 Å². The van der Waals surface area contributed by atoms with Gasteiger partial charge in [0.25, 0.3) is 0 Å². The lowest BCUT2D eigenvalue weighted by Gasteiger charge is -2.46. The van der Waals surface area contributed by atoms with E-state index in [1.807, 2.05) is 0 Å². The molecule has 0 aromatic heterocycles. The van der Waals surface area contributed by atoms with E-state index in [4.69, 9.17) is 0 Å². The second-order valence-corrected chi connectivity index (χ2v) is 8.97. The molecule has 0 aliphatic heterocycles. The molecular weight excluding hydrogens is 288 g/mol. The molecule has 0 heterocycles. The molecule has 0 nitrogen and oxygen atoms in total. The topological polar surface area (TPSA) is 0 Å². The molecule has 0 spiro atoms. The van der Waals surface area contributed by atoms with Crippen LogP contribution in [0, 0.1) is 40.9 Å². The molecule has 130 valence electrons. The van der Waals surface area contributed by atoms with Gasteiger partial charge in [-0.05, 0) is 60.2 Å². The fourth-order valence-corrected chi connectivity index (χ4v) is 6.69. The monoisotopic (exact) mass is 322 g/mol. The SMILES string of the molecule is CCCCC(C)(C1CCCC1)C1C2C=CC=CC2C2C=CC=CC21. The van der Waals surface area contributed by atoms with E-state index in [-0.39, 0.29) is 0 Å². The summed E-state index contributed by atoms with van der Waals surface area (Å²) in [5, 5.41) is 0. The van der Waals surface area contributed by atoms with Gasteiger partial charge in [-0.1, -0.05) is 88.1 Å². The molecule has 2 fully saturated rings. The van der Waals surface area contributed by atoms with Gasteiger partial charge in [-0.2, -0.15) is 0 Å². The Labute approximate surface area is 148 Å². The Kier molecular flexibility index (Phi) is 4.58. The van der Waals surface area contributed by atoms with E-state index in [0.717, 1.165) is 35.5 Å². The number of allylic oxidation sites excluding steroid dienone is 8. The molecule has 5 unspecified atom stereocenters. The van der Waals surface area contributed by atoms with Crippen LogP contribution in [0.4, 0.5) is 0 Å². The van der Waals surface area contributed by atoms with Crippen LogP contribution in [-0.2, 0) is 0 Å². The van der Waals surface area contributed by atoms with E-state index in [2.05, 4.69) is 62.5 Å². The summed E-state index contributed by atoms with van der Waals surface area (Å²) in [6.45, 7) is 5.04. The highest BCUT2D eigenvalue weighted by atomic mass is 14.6. The predicted molar refractivity (Wildman–Crippen MR) is 104 cm³/mol. The van der Waals surface area contributed by atoms with Crippen LogP contribution in [-0.4, -0.2) is 0 Å². The van der Waals surface area contributed by atoms with Crippen LogP contribution in [0.2, 0.25) is 0 Å². The van der Waals surface area contributed by atoms with E-state index in [0.29, 0.717) is 5.41 Å². The number of fused-ring (bicyclic) bond motifs is 3. The van der Waals surface area contributed by atoms with Gasteiger partial charge in [0.1, 0.15) is 0 Å². The molecule has 0 radical (unpaired) electrons. The Balaban J connectivity index is 1.72. The molecule has 4 aliphatic rings. The van der Waals surface area contributed by atoms with Crippen molar-refractivity contribution in [3.63, 3.8) is 0 Å². The molecule has 0 saturated heterocycles. The van der Waals surface area contributed by atoms with E-state index < -0.39 is 0 Å². The first kappa shape index (κ1) is 16.4. The van der Waals surface area contributed by atoms with Gasteiger partial charge >= 0.3 is 0 Å². The van der Waals surface area contributed by atoms with Gasteiger partial charge in [-0.3, -0.25) is 0 Å². The summed E-state index contributed by atoms with van der Waals surface area (Å²) < 4.78 is 0. The minimum Gasteiger partial charge on any atom is -0.0805 e. The Hall–Kier alpha value is -1.04. The lowest BCUT2D eigenvalue weighted by Crippen LogP contribution is -2.40. The van der Waals surface area contributed by atoms with Gasteiger partial charge in [0, 0.05) is 0 Å². The molecule has 4 aliphatic carbocycles. The standard InChI is InChI=1S/C24H34/c1-3-4-17-24(2,18-11-5-6-12-18)23-21-15-9-7-13-19(21)20-14-8-10-16-22(20)23/h7-10,13-16,18-23H,3-6,11-12,17H2,1-2H3. The molecule has 0 N–H and O–H groups in total. The third-order valence-corrected chi connectivity index (χ3v) is 7.84. The van der Waals surface area contributed by atoms with Crippen molar-refractivity contribution in [1.82, 2.24) is 0 Å². The minimum absolute atomic E-state index is 0.514. The van der Waals surface area contributed by atoms with Crippen LogP contribution < -0.4 is 0 Å². The highest BCUT2D eigenvalue weighted by Gasteiger charge is 2.55. The molecule has 2 saturated carbocycles. The maximum absolute atomic E-state index is 2.68. The van der Waals surface area contributed by atoms with Crippen molar-refractivity contribution >= 4 is 0 Å². The quantitative estimate of drug-likeness (QED) is 0.527. The van der Waals surface area contributed by atoms with Gasteiger partial charge in [0.2, 0.25) is 0 Å². The summed E-state index contributed by atoms with van der Waals surface area (Å²) in [6.07, 6.45) is 29.5. The summed E-state index contributed by atoms with van der Waals surface area (Å²) in [6, 6.07) is 0. The number of rotatable bonds is 5. The molecule has 0 heteroatoms. The van der Waals surface area contributed by atoms with Crippen LogP contribution >= 0.6 is 0 Å². The molecule has 0 amide bonds. The summed E-state index contributed by atoms with van der Waals surface area (Å²) in [7, 11) is 0. The van der Waals surface area contributed by atoms with Crippen molar-refractivity contribution in [3.8, 4) is 0 Å². The van der Waals surface area contributed by atoms with Gasteiger partial charge in [-0.15, -0.1) is 0 Å². The zero-order chi connectivity index (χ0) is 16.6. The van der Waals surface area contributed by atoms with E-state index >= 15 is 0 Å². The van der Waals surface area contributed by atoms with Crippen LogP contribution in [0.3, 0.4) is 0 Å². The Morgan fingerprint density at radius 1 is 0.792 bits per heavy atom. The fraction of sp³-hybridized carbons (Fsp3) is 0.667. The van der Waals surface area contributed by atoms with Crippen molar-refractivity contribution in [3.05, 3.63) is 48.6 Å². The van der Waals surface area contributed by atoms with Gasteiger partial charge in [-0.25, -0.2) is 0 Å². The molecule has 24 heavy (non-hydrogen) atoms. The average Bonchev–Trinajstić information content (AvgIpc) is 3.26. The van der Waals surface area contributed by atoms with Gasteiger partial charge in [0.05, 0.1) is 0 Å². The minimum atomic E-state index is 0.514. The first-order valence-corrected chi connectivity index (χ1v) is 10.5. The molecule has 0 aromatic rings. The normalized spacial score (nSPS) is 39.8. The number of unbranched alkanes of at least 4 members (excludes halogenated alkanes) is 1. The first-order valence-electron chi connectivity index (χ1n) is 10.5. The number of hydrogen-bond donors (Lipinski definition) is 0. The molecular formula is C24H34. The summed E-state index contributed by atoms with van der Waals surface area (Å²) in [5.41, 5.74) is 0.514. The number of hydrogen-bond acceptors (Lipinski definition) is 0. The van der Waals surface area contributed by atoms with E-state index in [1.165, 1.54) is 44.9 Å². The van der Waals surface area contributed by atoms with Crippen molar-refractivity contribution in [2.45, 2.75) is 58.8 Å².